The Hall–Kier alpha value is -1.73. The van der Waals surface area contributed by atoms with Crippen molar-refractivity contribution in [2.45, 2.75) is 13.8 Å². The molecule has 0 aromatic carbocycles. The molecule has 0 aliphatic carbocycles. The zero-order valence-electron chi connectivity index (χ0n) is 11.6. The molecular formula is C13H16N6S. The Bertz CT molecular complexity index is 783. The van der Waals surface area contributed by atoms with Crippen LogP contribution in [-0.2, 0) is 0 Å². The first-order chi connectivity index (χ1) is 9.75. The number of thiophene rings is 1. The van der Waals surface area contributed by atoms with Crippen molar-refractivity contribution >= 4 is 33.1 Å². The highest BCUT2D eigenvalue weighted by molar-refractivity contribution is 7.18. The Morgan fingerprint density at radius 3 is 2.85 bits per heavy atom. The summed E-state index contributed by atoms with van der Waals surface area (Å²) in [7, 11) is 0. The molecule has 0 bridgehead atoms. The number of hydrogen-bond acceptors (Lipinski definition) is 6. The molecule has 104 valence electrons. The van der Waals surface area contributed by atoms with Crippen LogP contribution < -0.4 is 10.2 Å². The number of aromatic nitrogens is 4. The van der Waals surface area contributed by atoms with E-state index in [1.165, 1.54) is 10.4 Å². The maximum Gasteiger partial charge on any atom is 0.230 e. The van der Waals surface area contributed by atoms with Gasteiger partial charge in [-0.15, -0.1) is 11.3 Å². The summed E-state index contributed by atoms with van der Waals surface area (Å²) < 4.78 is 1.88. The SMILES string of the molecule is Cc1sc2nc(N3CCNCC3)n3ncnc3c2c1C. The lowest BCUT2D eigenvalue weighted by Crippen LogP contribution is -2.44. The summed E-state index contributed by atoms with van der Waals surface area (Å²) >= 11 is 1.74. The van der Waals surface area contributed by atoms with E-state index in [-0.39, 0.29) is 0 Å². The summed E-state index contributed by atoms with van der Waals surface area (Å²) in [6.07, 6.45) is 1.62. The highest BCUT2D eigenvalue weighted by atomic mass is 32.1. The van der Waals surface area contributed by atoms with Crippen LogP contribution in [0.2, 0.25) is 0 Å². The molecule has 4 heterocycles. The van der Waals surface area contributed by atoms with Crippen LogP contribution >= 0.6 is 11.3 Å². The molecule has 0 radical (unpaired) electrons. The average Bonchev–Trinajstić information content (AvgIpc) is 3.05. The first-order valence-corrected chi connectivity index (χ1v) is 7.62. The first-order valence-electron chi connectivity index (χ1n) is 6.81. The summed E-state index contributed by atoms with van der Waals surface area (Å²) in [4.78, 5) is 14.0. The topological polar surface area (TPSA) is 58.4 Å². The third-order valence-electron chi connectivity index (χ3n) is 3.93. The van der Waals surface area contributed by atoms with Gasteiger partial charge in [0.2, 0.25) is 5.95 Å². The van der Waals surface area contributed by atoms with Crippen molar-refractivity contribution in [1.82, 2.24) is 24.9 Å². The molecule has 20 heavy (non-hydrogen) atoms. The van der Waals surface area contributed by atoms with Crippen molar-refractivity contribution in [3.05, 3.63) is 16.8 Å². The van der Waals surface area contributed by atoms with E-state index in [0.29, 0.717) is 0 Å². The molecule has 4 rings (SSSR count). The molecular weight excluding hydrogens is 272 g/mol. The van der Waals surface area contributed by atoms with E-state index < -0.39 is 0 Å². The number of nitrogens with one attached hydrogen (secondary N) is 1. The quantitative estimate of drug-likeness (QED) is 0.733. The van der Waals surface area contributed by atoms with Crippen LogP contribution in [0.25, 0.3) is 15.9 Å². The summed E-state index contributed by atoms with van der Waals surface area (Å²) in [5.41, 5.74) is 2.19. The summed E-state index contributed by atoms with van der Waals surface area (Å²) in [5.74, 6) is 0.910. The maximum atomic E-state index is 4.86. The number of hydrogen-bond donors (Lipinski definition) is 1. The van der Waals surface area contributed by atoms with Gasteiger partial charge in [-0.2, -0.15) is 9.61 Å². The van der Waals surface area contributed by atoms with Crippen LogP contribution in [0.1, 0.15) is 10.4 Å². The minimum absolute atomic E-state index is 0.910. The van der Waals surface area contributed by atoms with Crippen LogP contribution in [0.15, 0.2) is 6.33 Å². The van der Waals surface area contributed by atoms with Gasteiger partial charge in [0.15, 0.2) is 5.65 Å². The average molecular weight is 288 g/mol. The van der Waals surface area contributed by atoms with E-state index in [0.717, 1.165) is 48.0 Å². The third kappa shape index (κ3) is 1.63. The second-order valence-corrected chi connectivity index (χ2v) is 6.31. The maximum absolute atomic E-state index is 4.86. The summed E-state index contributed by atoms with van der Waals surface area (Å²) in [5, 5.41) is 8.89. The number of anilines is 1. The Morgan fingerprint density at radius 1 is 1.25 bits per heavy atom. The highest BCUT2D eigenvalue weighted by Crippen LogP contribution is 2.33. The largest absolute Gasteiger partial charge is 0.338 e. The van der Waals surface area contributed by atoms with Gasteiger partial charge in [0.25, 0.3) is 0 Å². The monoisotopic (exact) mass is 288 g/mol. The first kappa shape index (κ1) is 12.0. The van der Waals surface area contributed by atoms with Crippen molar-refractivity contribution in [1.29, 1.82) is 0 Å². The van der Waals surface area contributed by atoms with Gasteiger partial charge in [-0.05, 0) is 19.4 Å². The van der Waals surface area contributed by atoms with Gasteiger partial charge in [-0.3, -0.25) is 0 Å². The minimum atomic E-state index is 0.910. The molecule has 0 unspecified atom stereocenters. The lowest BCUT2D eigenvalue weighted by Gasteiger charge is -2.28. The molecule has 0 spiro atoms. The zero-order valence-corrected chi connectivity index (χ0v) is 12.4. The molecule has 3 aromatic heterocycles. The summed E-state index contributed by atoms with van der Waals surface area (Å²) in [6.45, 7) is 8.15. The van der Waals surface area contributed by atoms with Crippen molar-refractivity contribution in [2.24, 2.45) is 0 Å². The third-order valence-corrected chi connectivity index (χ3v) is 5.03. The molecule has 0 saturated carbocycles. The van der Waals surface area contributed by atoms with E-state index in [1.54, 1.807) is 17.7 Å². The van der Waals surface area contributed by atoms with Gasteiger partial charge < -0.3 is 10.2 Å². The Kier molecular flexibility index (Phi) is 2.64. The van der Waals surface area contributed by atoms with Gasteiger partial charge in [-0.25, -0.2) is 9.97 Å². The predicted molar refractivity (Wildman–Crippen MR) is 80.7 cm³/mol. The van der Waals surface area contributed by atoms with E-state index >= 15 is 0 Å². The Labute approximate surface area is 120 Å². The molecule has 1 N–H and O–H groups in total. The van der Waals surface area contributed by atoms with Crippen molar-refractivity contribution in [3.8, 4) is 0 Å². The standard InChI is InChI=1S/C13H16N6S/c1-8-9(2)20-12-10(8)11-15-7-16-19(11)13(17-12)18-5-3-14-4-6-18/h7,14H,3-6H2,1-2H3. The van der Waals surface area contributed by atoms with Crippen LogP contribution in [0, 0.1) is 13.8 Å². The minimum Gasteiger partial charge on any atom is -0.338 e. The van der Waals surface area contributed by atoms with Crippen LogP contribution in [0.5, 0.6) is 0 Å². The fourth-order valence-corrected chi connectivity index (χ4v) is 3.74. The van der Waals surface area contributed by atoms with Gasteiger partial charge in [-0.1, -0.05) is 0 Å². The zero-order chi connectivity index (χ0) is 13.7. The number of fused-ring (bicyclic) bond motifs is 3. The van der Waals surface area contributed by atoms with Gasteiger partial charge in [0.05, 0.1) is 5.39 Å². The van der Waals surface area contributed by atoms with Gasteiger partial charge in [0, 0.05) is 31.1 Å². The fraction of sp³-hybridized carbons (Fsp3) is 0.462. The van der Waals surface area contributed by atoms with E-state index in [9.17, 15) is 0 Å². The molecule has 1 fully saturated rings. The van der Waals surface area contributed by atoms with Gasteiger partial charge in [0.1, 0.15) is 11.2 Å². The van der Waals surface area contributed by atoms with Crippen molar-refractivity contribution in [3.63, 3.8) is 0 Å². The molecule has 0 atom stereocenters. The number of aryl methyl sites for hydroxylation is 2. The Balaban J connectivity index is 2.01. The molecule has 1 aliphatic heterocycles. The normalized spacial score (nSPS) is 16.4. The number of piperazine rings is 1. The smallest absolute Gasteiger partial charge is 0.230 e. The second-order valence-electron chi connectivity index (χ2n) is 5.11. The molecule has 7 heteroatoms. The fourth-order valence-electron chi connectivity index (χ4n) is 2.72. The highest BCUT2D eigenvalue weighted by Gasteiger charge is 2.20. The summed E-state index contributed by atoms with van der Waals surface area (Å²) in [6, 6.07) is 0. The molecule has 6 nitrogen and oxygen atoms in total. The molecule has 1 aliphatic rings. The van der Waals surface area contributed by atoms with Crippen molar-refractivity contribution < 1.29 is 0 Å². The second kappa shape index (κ2) is 4.39. The molecule has 1 saturated heterocycles. The van der Waals surface area contributed by atoms with Crippen LogP contribution in [0.3, 0.4) is 0 Å². The van der Waals surface area contributed by atoms with Crippen molar-refractivity contribution in [2.75, 3.05) is 31.1 Å². The Morgan fingerprint density at radius 2 is 2.05 bits per heavy atom. The lowest BCUT2D eigenvalue weighted by molar-refractivity contribution is 0.575. The lowest BCUT2D eigenvalue weighted by atomic mass is 10.2. The van der Waals surface area contributed by atoms with Crippen LogP contribution in [-0.4, -0.2) is 45.8 Å². The predicted octanol–water partition coefficient (Wildman–Crippen LogP) is 1.37. The number of rotatable bonds is 1. The molecule has 3 aromatic rings. The number of nitrogens with zero attached hydrogens (tertiary/aromatic N) is 5. The molecule has 0 amide bonds. The van der Waals surface area contributed by atoms with E-state index in [2.05, 4.69) is 34.1 Å². The van der Waals surface area contributed by atoms with E-state index in [4.69, 9.17) is 4.98 Å². The van der Waals surface area contributed by atoms with Crippen LogP contribution in [0.4, 0.5) is 5.95 Å². The van der Waals surface area contributed by atoms with E-state index in [1.807, 2.05) is 4.52 Å². The van der Waals surface area contributed by atoms with Gasteiger partial charge >= 0.3 is 0 Å².